The molecule has 0 unspecified atom stereocenters. The fraction of sp³-hybridized carbons (Fsp3) is 0.304. The monoisotopic (exact) mass is 455 g/mol. The number of aryl methyl sites for hydroxylation is 2. The minimum atomic E-state index is -3.75. The molecule has 8 heteroatoms. The van der Waals surface area contributed by atoms with Gasteiger partial charge in [-0.1, -0.05) is 53.9 Å². The zero-order valence-corrected chi connectivity index (χ0v) is 19.2. The van der Waals surface area contributed by atoms with Crippen molar-refractivity contribution in [1.82, 2.24) is 9.29 Å². The zero-order valence-electron chi connectivity index (χ0n) is 17.5. The van der Waals surface area contributed by atoms with E-state index in [0.717, 1.165) is 29.7 Å². The third kappa shape index (κ3) is 4.71. The predicted molar refractivity (Wildman–Crippen MR) is 124 cm³/mol. The van der Waals surface area contributed by atoms with Crippen LogP contribution in [0.2, 0.25) is 0 Å². The lowest BCUT2D eigenvalue weighted by Gasteiger charge is -2.33. The molecule has 0 bridgehead atoms. The Hall–Kier alpha value is -2.55. The van der Waals surface area contributed by atoms with Crippen LogP contribution in [0.15, 0.2) is 58.8 Å². The van der Waals surface area contributed by atoms with E-state index in [0.29, 0.717) is 18.1 Å². The molecule has 6 nitrogen and oxygen atoms in total. The topological polar surface area (TPSA) is 79.4 Å². The van der Waals surface area contributed by atoms with Crippen LogP contribution in [0, 0.1) is 13.8 Å². The number of carbonyl (C=O) groups is 1. The molecule has 1 aliphatic rings. The summed E-state index contributed by atoms with van der Waals surface area (Å²) in [5.41, 5.74) is 3.91. The molecule has 3 aromatic rings. The van der Waals surface area contributed by atoms with Crippen LogP contribution in [0.4, 0.5) is 5.13 Å². The number of aromatic nitrogens is 1. The number of rotatable bonds is 5. The number of nitrogens with one attached hydrogen (secondary N) is 1. The maximum atomic E-state index is 13.2. The van der Waals surface area contributed by atoms with E-state index in [9.17, 15) is 13.2 Å². The Kier molecular flexibility index (Phi) is 6.22. The summed E-state index contributed by atoms with van der Waals surface area (Å²) in [7, 11) is -3.75. The van der Waals surface area contributed by atoms with Gasteiger partial charge in [-0.25, -0.2) is 13.4 Å². The molecule has 1 N–H and O–H groups in total. The summed E-state index contributed by atoms with van der Waals surface area (Å²) in [6, 6.07) is 14.0. The van der Waals surface area contributed by atoms with Crippen molar-refractivity contribution in [3.63, 3.8) is 0 Å². The van der Waals surface area contributed by atoms with Gasteiger partial charge < -0.3 is 5.32 Å². The molecule has 0 spiro atoms. The largest absolute Gasteiger partial charge is 0.301 e. The van der Waals surface area contributed by atoms with Crippen molar-refractivity contribution in [3.8, 4) is 11.3 Å². The minimum Gasteiger partial charge on any atom is -0.301 e. The van der Waals surface area contributed by atoms with Crippen LogP contribution in [0.25, 0.3) is 11.3 Å². The molecule has 1 fully saturated rings. The quantitative estimate of drug-likeness (QED) is 0.609. The van der Waals surface area contributed by atoms with Gasteiger partial charge in [-0.15, -0.1) is 11.3 Å². The lowest BCUT2D eigenvalue weighted by Crippen LogP contribution is -2.49. The van der Waals surface area contributed by atoms with Crippen molar-refractivity contribution < 1.29 is 13.2 Å². The number of thiazole rings is 1. The van der Waals surface area contributed by atoms with Gasteiger partial charge in [0.25, 0.3) is 0 Å². The van der Waals surface area contributed by atoms with E-state index in [4.69, 9.17) is 0 Å². The fourth-order valence-corrected chi connectivity index (χ4v) is 6.06. The number of piperidine rings is 1. The summed E-state index contributed by atoms with van der Waals surface area (Å²) in [6.07, 6.45) is 2.04. The van der Waals surface area contributed by atoms with Crippen molar-refractivity contribution in [2.45, 2.75) is 44.0 Å². The van der Waals surface area contributed by atoms with Gasteiger partial charge in [0.15, 0.2) is 5.13 Å². The van der Waals surface area contributed by atoms with E-state index in [1.165, 1.54) is 21.2 Å². The number of carbonyl (C=O) groups excluding carboxylic acids is 1. The van der Waals surface area contributed by atoms with Gasteiger partial charge in [-0.3, -0.25) is 4.79 Å². The van der Waals surface area contributed by atoms with E-state index in [1.807, 2.05) is 43.5 Å². The standard InChI is InChI=1S/C23H25N3O3S2/c1-16-6-10-18(11-7-16)20-15-30-23(24-20)25-22(27)21-5-3-4-14-26(21)31(28,29)19-12-8-17(2)9-13-19/h6-13,15,21H,3-5,14H2,1-2H3,(H,24,25,27)/t21-/m1/s1. The third-order valence-electron chi connectivity index (χ3n) is 5.47. The maximum Gasteiger partial charge on any atom is 0.244 e. The first kappa shape index (κ1) is 21.7. The molecule has 0 saturated carbocycles. The zero-order chi connectivity index (χ0) is 22.0. The van der Waals surface area contributed by atoms with Crippen LogP contribution in [0.5, 0.6) is 0 Å². The predicted octanol–water partition coefficient (Wildman–Crippen LogP) is 4.61. The summed E-state index contributed by atoms with van der Waals surface area (Å²) >= 11 is 1.34. The first-order chi connectivity index (χ1) is 14.8. The van der Waals surface area contributed by atoms with E-state index >= 15 is 0 Å². The number of amides is 1. The SMILES string of the molecule is Cc1ccc(-c2csc(NC(=O)[C@H]3CCCCN3S(=O)(=O)c3ccc(C)cc3)n2)cc1. The smallest absolute Gasteiger partial charge is 0.244 e. The fourth-order valence-electron chi connectivity index (χ4n) is 3.68. The van der Waals surface area contributed by atoms with Crippen LogP contribution in [-0.4, -0.2) is 36.2 Å². The Morgan fingerprint density at radius 1 is 1.03 bits per heavy atom. The molecule has 4 rings (SSSR count). The first-order valence-corrected chi connectivity index (χ1v) is 12.6. The van der Waals surface area contributed by atoms with Crippen LogP contribution in [0.1, 0.15) is 30.4 Å². The minimum absolute atomic E-state index is 0.216. The molecule has 1 saturated heterocycles. The van der Waals surface area contributed by atoms with Gasteiger partial charge in [0.1, 0.15) is 6.04 Å². The van der Waals surface area contributed by atoms with Gasteiger partial charge in [0.2, 0.25) is 15.9 Å². The van der Waals surface area contributed by atoms with E-state index in [-0.39, 0.29) is 10.8 Å². The third-order valence-corrected chi connectivity index (χ3v) is 8.15. The van der Waals surface area contributed by atoms with E-state index in [2.05, 4.69) is 10.3 Å². The lowest BCUT2D eigenvalue weighted by molar-refractivity contribution is -0.120. The van der Waals surface area contributed by atoms with E-state index < -0.39 is 16.1 Å². The van der Waals surface area contributed by atoms with Crippen LogP contribution < -0.4 is 5.32 Å². The molecule has 0 radical (unpaired) electrons. The molecule has 2 heterocycles. The Labute approximate surface area is 187 Å². The highest BCUT2D eigenvalue weighted by Gasteiger charge is 2.37. The lowest BCUT2D eigenvalue weighted by atomic mass is 10.0. The molecule has 2 aromatic carbocycles. The Bertz CT molecular complexity index is 1170. The van der Waals surface area contributed by atoms with Gasteiger partial charge in [0.05, 0.1) is 10.6 Å². The normalized spacial score (nSPS) is 17.4. The molecular formula is C23H25N3O3S2. The highest BCUT2D eigenvalue weighted by atomic mass is 32.2. The molecule has 162 valence electrons. The number of benzene rings is 2. The Morgan fingerprint density at radius 3 is 2.35 bits per heavy atom. The Balaban J connectivity index is 1.53. The molecule has 1 atom stereocenters. The number of hydrogen-bond donors (Lipinski definition) is 1. The van der Waals surface area contributed by atoms with E-state index in [1.54, 1.807) is 24.3 Å². The van der Waals surface area contributed by atoms with Crippen LogP contribution in [-0.2, 0) is 14.8 Å². The number of hydrogen-bond acceptors (Lipinski definition) is 5. The first-order valence-electron chi connectivity index (χ1n) is 10.3. The maximum absolute atomic E-state index is 13.2. The summed E-state index contributed by atoms with van der Waals surface area (Å²) < 4.78 is 27.8. The second-order valence-corrected chi connectivity index (χ2v) is 10.6. The van der Waals surface area contributed by atoms with Crippen molar-refractivity contribution in [2.24, 2.45) is 0 Å². The van der Waals surface area contributed by atoms with Crippen LogP contribution in [0.3, 0.4) is 0 Å². The molecule has 31 heavy (non-hydrogen) atoms. The summed E-state index contributed by atoms with van der Waals surface area (Å²) in [5, 5.41) is 5.20. The summed E-state index contributed by atoms with van der Waals surface area (Å²) in [4.78, 5) is 17.8. The molecular weight excluding hydrogens is 430 g/mol. The van der Waals surface area contributed by atoms with Gasteiger partial charge in [-0.2, -0.15) is 4.31 Å². The molecule has 1 aromatic heterocycles. The van der Waals surface area contributed by atoms with Gasteiger partial charge in [-0.05, 0) is 38.8 Å². The Morgan fingerprint density at radius 2 is 1.68 bits per heavy atom. The van der Waals surface area contributed by atoms with Crippen molar-refractivity contribution in [2.75, 3.05) is 11.9 Å². The second kappa shape index (κ2) is 8.90. The number of sulfonamides is 1. The molecule has 1 aliphatic heterocycles. The summed E-state index contributed by atoms with van der Waals surface area (Å²) in [6.45, 7) is 4.27. The highest BCUT2D eigenvalue weighted by Crippen LogP contribution is 2.29. The average molecular weight is 456 g/mol. The van der Waals surface area contributed by atoms with Crippen LogP contribution >= 0.6 is 11.3 Å². The highest BCUT2D eigenvalue weighted by molar-refractivity contribution is 7.89. The molecule has 0 aliphatic carbocycles. The van der Waals surface area contributed by atoms with Gasteiger partial charge in [0, 0.05) is 17.5 Å². The van der Waals surface area contributed by atoms with Crippen molar-refractivity contribution in [3.05, 3.63) is 65.0 Å². The summed E-state index contributed by atoms with van der Waals surface area (Å²) in [5.74, 6) is -0.333. The number of nitrogens with zero attached hydrogens (tertiary/aromatic N) is 2. The second-order valence-electron chi connectivity index (χ2n) is 7.83. The van der Waals surface area contributed by atoms with Gasteiger partial charge >= 0.3 is 0 Å². The number of anilines is 1. The average Bonchev–Trinajstić information content (AvgIpc) is 3.23. The van der Waals surface area contributed by atoms with Crippen molar-refractivity contribution >= 4 is 32.4 Å². The van der Waals surface area contributed by atoms with Crippen molar-refractivity contribution in [1.29, 1.82) is 0 Å². The molecule has 1 amide bonds.